The van der Waals surface area contributed by atoms with E-state index < -0.39 is 18.4 Å². The number of allylic oxidation sites excluding steroid dienone is 2. The Morgan fingerprint density at radius 3 is 2.73 bits per heavy atom. The van der Waals surface area contributed by atoms with Crippen molar-refractivity contribution in [1.29, 1.82) is 0 Å². The van der Waals surface area contributed by atoms with Crippen LogP contribution in [0.15, 0.2) is 16.8 Å². The number of carbonyl (C=O) groups excluding carboxylic acids is 1. The molecule has 0 saturated heterocycles. The average molecular weight is 419 g/mol. The van der Waals surface area contributed by atoms with E-state index in [2.05, 4.69) is 30.4 Å². The van der Waals surface area contributed by atoms with Crippen LogP contribution in [0.5, 0.6) is 0 Å². The Morgan fingerprint density at radius 1 is 1.17 bits per heavy atom. The second kappa shape index (κ2) is 7.98. The Labute approximate surface area is 177 Å². The van der Waals surface area contributed by atoms with Crippen molar-refractivity contribution in [3.8, 4) is 0 Å². The molecule has 0 spiro atoms. The lowest BCUT2D eigenvalue weighted by molar-refractivity contribution is -0.138. The molecule has 0 radical (unpaired) electrons. The van der Waals surface area contributed by atoms with E-state index in [0.29, 0.717) is 17.8 Å². The van der Waals surface area contributed by atoms with Crippen molar-refractivity contribution >= 4 is 17.6 Å². The summed E-state index contributed by atoms with van der Waals surface area (Å²) in [7, 11) is 0. The fraction of sp³-hybridized carbons (Fsp3) is 0.783. The number of aliphatic hydroxyl groups is 1. The minimum absolute atomic E-state index is 0.106. The Balaban J connectivity index is 1.41. The summed E-state index contributed by atoms with van der Waals surface area (Å²) < 4.78 is 0. The molecule has 0 aromatic heterocycles. The maximum atomic E-state index is 11.6. The first kappa shape index (κ1) is 21.3. The van der Waals surface area contributed by atoms with Gasteiger partial charge < -0.3 is 20.4 Å². The zero-order valence-electron chi connectivity index (χ0n) is 18.0. The van der Waals surface area contributed by atoms with Gasteiger partial charge in [0.15, 0.2) is 6.61 Å². The van der Waals surface area contributed by atoms with Crippen molar-refractivity contribution in [2.45, 2.75) is 71.3 Å². The quantitative estimate of drug-likeness (QED) is 0.595. The fourth-order valence-corrected chi connectivity index (χ4v) is 7.01. The summed E-state index contributed by atoms with van der Waals surface area (Å²) in [5.74, 6) is 0.449. The summed E-state index contributed by atoms with van der Waals surface area (Å²) in [6, 6.07) is 0. The molecule has 0 aliphatic heterocycles. The topological polar surface area (TPSA) is 108 Å². The van der Waals surface area contributed by atoms with Crippen molar-refractivity contribution in [2.24, 2.45) is 33.7 Å². The van der Waals surface area contributed by atoms with Crippen LogP contribution in [0.25, 0.3) is 0 Å². The first-order valence-electron chi connectivity index (χ1n) is 11.3. The molecule has 7 nitrogen and oxygen atoms in total. The predicted octanol–water partition coefficient (Wildman–Crippen LogP) is 2.88. The zero-order chi connectivity index (χ0) is 21.5. The predicted molar refractivity (Wildman–Crippen MR) is 112 cm³/mol. The van der Waals surface area contributed by atoms with Crippen molar-refractivity contribution in [3.05, 3.63) is 11.6 Å². The molecule has 4 rings (SSSR count). The van der Waals surface area contributed by atoms with Gasteiger partial charge in [0.2, 0.25) is 0 Å². The molecule has 4 aliphatic carbocycles. The lowest BCUT2D eigenvalue weighted by atomic mass is 9.47. The summed E-state index contributed by atoms with van der Waals surface area (Å²) in [4.78, 5) is 27.2. The largest absolute Gasteiger partial charge is 0.480 e. The number of hydrogen-bond acceptors (Lipinski definition) is 5. The molecule has 6 unspecified atom stereocenters. The Kier molecular flexibility index (Phi) is 5.68. The molecule has 1 amide bonds. The Morgan fingerprint density at radius 2 is 1.97 bits per heavy atom. The molecule has 3 N–H and O–H groups in total. The van der Waals surface area contributed by atoms with E-state index in [1.54, 1.807) is 0 Å². The molecule has 0 aromatic carbocycles. The molecule has 3 fully saturated rings. The van der Waals surface area contributed by atoms with Gasteiger partial charge in [-0.1, -0.05) is 24.6 Å². The van der Waals surface area contributed by atoms with Gasteiger partial charge in [0, 0.05) is 0 Å². The van der Waals surface area contributed by atoms with Gasteiger partial charge in [-0.3, -0.25) is 9.59 Å². The highest BCUT2D eigenvalue weighted by Gasteiger charge is 2.58. The summed E-state index contributed by atoms with van der Waals surface area (Å²) >= 11 is 0. The number of rotatable bonds is 5. The third-order valence-electron chi connectivity index (χ3n) is 8.74. The number of oxime groups is 1. The van der Waals surface area contributed by atoms with E-state index in [-0.39, 0.29) is 23.5 Å². The number of aliphatic carboxylic acids is 1. The minimum Gasteiger partial charge on any atom is -0.480 e. The van der Waals surface area contributed by atoms with Crippen LogP contribution in [-0.4, -0.2) is 47.1 Å². The summed E-state index contributed by atoms with van der Waals surface area (Å²) in [6.07, 6.45) is 10.6. The maximum Gasteiger partial charge on any atom is 0.322 e. The summed E-state index contributed by atoms with van der Waals surface area (Å²) in [5, 5.41) is 25.6. The van der Waals surface area contributed by atoms with Gasteiger partial charge in [0.25, 0.3) is 5.91 Å². The number of carboxylic acids is 1. The zero-order valence-corrected chi connectivity index (χ0v) is 18.0. The third-order valence-corrected chi connectivity index (χ3v) is 8.74. The second-order valence-corrected chi connectivity index (χ2v) is 10.2. The van der Waals surface area contributed by atoms with Crippen molar-refractivity contribution < 1.29 is 24.6 Å². The highest BCUT2D eigenvalue weighted by molar-refractivity contribution is 5.96. The second-order valence-electron chi connectivity index (χ2n) is 10.2. The molecule has 30 heavy (non-hydrogen) atoms. The van der Waals surface area contributed by atoms with Crippen LogP contribution in [0.4, 0.5) is 0 Å². The normalized spacial score (nSPS) is 41.3. The lowest BCUT2D eigenvalue weighted by Gasteiger charge is -2.57. The van der Waals surface area contributed by atoms with Crippen molar-refractivity contribution in [2.75, 3.05) is 13.2 Å². The Hall–Kier alpha value is -1.89. The molecule has 7 heteroatoms. The number of carboxylic acid groups (broad SMARTS) is 1. The first-order chi connectivity index (χ1) is 14.2. The molecule has 0 aromatic rings. The maximum absolute atomic E-state index is 11.6. The molecule has 0 heterocycles. The molecule has 3 saturated carbocycles. The number of carbonyl (C=O) groups is 2. The standard InChI is InChI=1S/C23H34N2O5/c1-22-9-7-15(25-30-13-20(27)24-12-21(28)29)11-14(22)3-4-16-17-5-6-19(26)23(17,2)10-8-18(16)22/h11,16-19,26H,3-10,12-13H2,1-2H3,(H,24,27)(H,28,29). The highest BCUT2D eigenvalue weighted by Crippen LogP contribution is 2.65. The molecular formula is C23H34N2O5. The molecule has 6 atom stereocenters. The minimum atomic E-state index is -1.09. The van der Waals surface area contributed by atoms with E-state index in [1.165, 1.54) is 24.8 Å². The van der Waals surface area contributed by atoms with E-state index in [1.807, 2.05) is 0 Å². The van der Waals surface area contributed by atoms with Crippen LogP contribution in [0, 0.1) is 28.6 Å². The SMILES string of the molecule is CC12CCC(=NOCC(=O)NCC(=O)O)C=C1CCC1C2CCC2(C)C(O)CCC12. The number of aliphatic hydroxyl groups excluding tert-OH is 1. The van der Waals surface area contributed by atoms with E-state index in [0.717, 1.165) is 37.8 Å². The monoisotopic (exact) mass is 418 g/mol. The number of nitrogens with zero attached hydrogens (tertiary/aromatic N) is 1. The van der Waals surface area contributed by atoms with Crippen LogP contribution in [-0.2, 0) is 14.4 Å². The van der Waals surface area contributed by atoms with Crippen molar-refractivity contribution in [1.82, 2.24) is 5.32 Å². The highest BCUT2D eigenvalue weighted by atomic mass is 16.6. The molecule has 0 bridgehead atoms. The lowest BCUT2D eigenvalue weighted by Crippen LogP contribution is -2.51. The van der Waals surface area contributed by atoms with Gasteiger partial charge in [-0.05, 0) is 86.0 Å². The van der Waals surface area contributed by atoms with Crippen LogP contribution in [0.1, 0.15) is 65.2 Å². The number of hydrogen-bond donors (Lipinski definition) is 3. The number of nitrogens with one attached hydrogen (secondary N) is 1. The van der Waals surface area contributed by atoms with Crippen molar-refractivity contribution in [3.63, 3.8) is 0 Å². The van der Waals surface area contributed by atoms with Crippen LogP contribution in [0.2, 0.25) is 0 Å². The van der Waals surface area contributed by atoms with Gasteiger partial charge in [-0.15, -0.1) is 0 Å². The van der Waals surface area contributed by atoms with Crippen LogP contribution < -0.4 is 5.32 Å². The molecule has 4 aliphatic rings. The average Bonchev–Trinajstić information content (AvgIpc) is 3.01. The number of amides is 1. The van der Waals surface area contributed by atoms with Gasteiger partial charge in [-0.25, -0.2) is 0 Å². The fourth-order valence-electron chi connectivity index (χ4n) is 7.01. The molecular weight excluding hydrogens is 384 g/mol. The first-order valence-corrected chi connectivity index (χ1v) is 11.3. The Bertz CT molecular complexity index is 778. The van der Waals surface area contributed by atoms with E-state index in [9.17, 15) is 14.7 Å². The van der Waals surface area contributed by atoms with Crippen LogP contribution >= 0.6 is 0 Å². The van der Waals surface area contributed by atoms with Gasteiger partial charge in [0.1, 0.15) is 6.54 Å². The molecule has 166 valence electrons. The third kappa shape index (κ3) is 3.66. The summed E-state index contributed by atoms with van der Waals surface area (Å²) in [5.41, 5.74) is 2.61. The van der Waals surface area contributed by atoms with E-state index in [4.69, 9.17) is 9.94 Å². The summed E-state index contributed by atoms with van der Waals surface area (Å²) in [6.45, 7) is 4.04. The van der Waals surface area contributed by atoms with Gasteiger partial charge in [-0.2, -0.15) is 0 Å². The van der Waals surface area contributed by atoms with E-state index >= 15 is 0 Å². The smallest absolute Gasteiger partial charge is 0.322 e. The number of fused-ring (bicyclic) bond motifs is 5. The van der Waals surface area contributed by atoms with Crippen LogP contribution in [0.3, 0.4) is 0 Å². The van der Waals surface area contributed by atoms with Gasteiger partial charge in [0.05, 0.1) is 11.8 Å². The van der Waals surface area contributed by atoms with Gasteiger partial charge >= 0.3 is 5.97 Å².